The highest BCUT2D eigenvalue weighted by molar-refractivity contribution is 9.10. The molecule has 0 spiro atoms. The Hall–Kier alpha value is -0.740. The lowest BCUT2D eigenvalue weighted by Crippen LogP contribution is -2.48. The van der Waals surface area contributed by atoms with Crippen LogP contribution in [0.5, 0.6) is 0 Å². The molecule has 1 aromatic carbocycles. The molecule has 0 aliphatic heterocycles. The van der Waals surface area contributed by atoms with Crippen molar-refractivity contribution >= 4 is 39.2 Å². The van der Waals surface area contributed by atoms with E-state index in [-0.39, 0.29) is 5.92 Å². The van der Waals surface area contributed by atoms with Crippen LogP contribution in [0.4, 0.5) is 5.69 Å². The van der Waals surface area contributed by atoms with E-state index in [0.29, 0.717) is 5.02 Å². The molecule has 1 atom stereocenters. The minimum absolute atomic E-state index is 0.0468. The van der Waals surface area contributed by atoms with Gasteiger partial charge < -0.3 is 10.4 Å². The SMILES string of the molecule is CC(C)C(C)(Nc1ccc(Cl)c(Br)c1)C(=O)O. The van der Waals surface area contributed by atoms with E-state index in [1.165, 1.54) is 0 Å². The molecule has 0 saturated carbocycles. The van der Waals surface area contributed by atoms with E-state index in [9.17, 15) is 9.90 Å². The molecule has 0 aromatic heterocycles. The van der Waals surface area contributed by atoms with Crippen molar-refractivity contribution < 1.29 is 9.90 Å². The second-order valence-electron chi connectivity index (χ2n) is 4.42. The average molecular weight is 321 g/mol. The zero-order chi connectivity index (χ0) is 13.2. The highest BCUT2D eigenvalue weighted by Gasteiger charge is 2.36. The Morgan fingerprint density at radius 3 is 2.53 bits per heavy atom. The summed E-state index contributed by atoms with van der Waals surface area (Å²) in [6, 6.07) is 5.25. The van der Waals surface area contributed by atoms with Gasteiger partial charge in [0.15, 0.2) is 0 Å². The molecule has 5 heteroatoms. The minimum atomic E-state index is -1.01. The van der Waals surface area contributed by atoms with Crippen LogP contribution in [0, 0.1) is 5.92 Å². The molecule has 1 rings (SSSR count). The molecular formula is C12H15BrClNO2. The van der Waals surface area contributed by atoms with E-state index in [0.717, 1.165) is 10.2 Å². The number of hydrogen-bond acceptors (Lipinski definition) is 2. The normalized spacial score (nSPS) is 14.5. The third kappa shape index (κ3) is 3.13. The highest BCUT2D eigenvalue weighted by Crippen LogP contribution is 2.29. The predicted molar refractivity (Wildman–Crippen MR) is 73.7 cm³/mol. The lowest BCUT2D eigenvalue weighted by molar-refractivity contribution is -0.143. The zero-order valence-corrected chi connectivity index (χ0v) is 12.3. The van der Waals surface area contributed by atoms with Crippen molar-refractivity contribution in [3.63, 3.8) is 0 Å². The topological polar surface area (TPSA) is 49.3 Å². The van der Waals surface area contributed by atoms with E-state index in [1.54, 1.807) is 25.1 Å². The fraction of sp³-hybridized carbons (Fsp3) is 0.417. The van der Waals surface area contributed by atoms with Crippen molar-refractivity contribution in [1.29, 1.82) is 0 Å². The van der Waals surface area contributed by atoms with Crippen molar-refractivity contribution in [3.8, 4) is 0 Å². The number of carbonyl (C=O) groups is 1. The Morgan fingerprint density at radius 2 is 2.12 bits per heavy atom. The first kappa shape index (κ1) is 14.3. The minimum Gasteiger partial charge on any atom is -0.480 e. The van der Waals surface area contributed by atoms with Crippen molar-refractivity contribution in [2.24, 2.45) is 5.92 Å². The summed E-state index contributed by atoms with van der Waals surface area (Å²) in [6.07, 6.45) is 0. The molecule has 94 valence electrons. The number of carboxylic acids is 1. The van der Waals surface area contributed by atoms with Gasteiger partial charge in [0.05, 0.1) is 5.02 Å². The summed E-state index contributed by atoms with van der Waals surface area (Å²) in [5.74, 6) is -0.923. The van der Waals surface area contributed by atoms with Gasteiger partial charge in [0.25, 0.3) is 0 Å². The molecule has 0 aliphatic carbocycles. The molecule has 0 fully saturated rings. The van der Waals surface area contributed by atoms with E-state index in [2.05, 4.69) is 21.2 Å². The van der Waals surface area contributed by atoms with Crippen LogP contribution < -0.4 is 5.32 Å². The Balaban J connectivity index is 3.02. The highest BCUT2D eigenvalue weighted by atomic mass is 79.9. The molecule has 0 amide bonds. The van der Waals surface area contributed by atoms with Gasteiger partial charge in [0.2, 0.25) is 0 Å². The van der Waals surface area contributed by atoms with Crippen LogP contribution >= 0.6 is 27.5 Å². The third-order valence-corrected chi connectivity index (χ3v) is 4.14. The fourth-order valence-corrected chi connectivity index (χ4v) is 1.81. The van der Waals surface area contributed by atoms with Gasteiger partial charge in [-0.15, -0.1) is 0 Å². The second-order valence-corrected chi connectivity index (χ2v) is 5.68. The van der Waals surface area contributed by atoms with Crippen molar-refractivity contribution in [3.05, 3.63) is 27.7 Å². The van der Waals surface area contributed by atoms with E-state index < -0.39 is 11.5 Å². The van der Waals surface area contributed by atoms with Crippen LogP contribution in [-0.2, 0) is 4.79 Å². The maximum atomic E-state index is 11.3. The summed E-state index contributed by atoms with van der Waals surface area (Å²) in [6.45, 7) is 5.40. The largest absolute Gasteiger partial charge is 0.480 e. The van der Waals surface area contributed by atoms with Gasteiger partial charge in [-0.1, -0.05) is 25.4 Å². The molecule has 0 radical (unpaired) electrons. The Bertz CT molecular complexity index is 437. The molecule has 0 saturated heterocycles. The average Bonchev–Trinajstić information content (AvgIpc) is 2.22. The van der Waals surface area contributed by atoms with Crippen molar-refractivity contribution in [2.45, 2.75) is 26.3 Å². The maximum absolute atomic E-state index is 11.3. The predicted octanol–water partition coefficient (Wildman–Crippen LogP) is 4.01. The Morgan fingerprint density at radius 1 is 1.53 bits per heavy atom. The summed E-state index contributed by atoms with van der Waals surface area (Å²) in [7, 11) is 0. The third-order valence-electron chi connectivity index (χ3n) is 2.92. The molecule has 0 aliphatic rings. The number of carboxylic acid groups (broad SMARTS) is 1. The van der Waals surface area contributed by atoms with Crippen molar-refractivity contribution in [2.75, 3.05) is 5.32 Å². The number of nitrogens with one attached hydrogen (secondary N) is 1. The fourth-order valence-electron chi connectivity index (χ4n) is 1.32. The number of benzene rings is 1. The molecule has 2 N–H and O–H groups in total. The molecule has 17 heavy (non-hydrogen) atoms. The first-order chi connectivity index (χ1) is 7.77. The standard InChI is InChI=1S/C12H15BrClNO2/c1-7(2)12(3,11(16)17)15-8-4-5-10(14)9(13)6-8/h4-7,15H,1-3H3,(H,16,17). The summed E-state index contributed by atoms with van der Waals surface area (Å²) < 4.78 is 0.737. The van der Waals surface area contributed by atoms with Crippen LogP contribution in [0.2, 0.25) is 5.02 Å². The van der Waals surface area contributed by atoms with Gasteiger partial charge in [-0.05, 0) is 47.0 Å². The van der Waals surface area contributed by atoms with Gasteiger partial charge in [0, 0.05) is 10.2 Å². The smallest absolute Gasteiger partial charge is 0.329 e. The van der Waals surface area contributed by atoms with Crippen LogP contribution in [-0.4, -0.2) is 16.6 Å². The molecule has 0 heterocycles. The lowest BCUT2D eigenvalue weighted by Gasteiger charge is -2.31. The number of aliphatic carboxylic acids is 1. The Kier molecular flexibility index (Phi) is 4.44. The van der Waals surface area contributed by atoms with Crippen LogP contribution in [0.15, 0.2) is 22.7 Å². The quantitative estimate of drug-likeness (QED) is 0.881. The number of anilines is 1. The summed E-state index contributed by atoms with van der Waals surface area (Å²) in [4.78, 5) is 11.3. The van der Waals surface area contributed by atoms with Crippen LogP contribution in [0.1, 0.15) is 20.8 Å². The molecule has 1 unspecified atom stereocenters. The van der Waals surface area contributed by atoms with E-state index in [4.69, 9.17) is 11.6 Å². The molecule has 3 nitrogen and oxygen atoms in total. The number of hydrogen-bond donors (Lipinski definition) is 2. The molecule has 1 aromatic rings. The maximum Gasteiger partial charge on any atom is 0.329 e. The van der Waals surface area contributed by atoms with Gasteiger partial charge >= 0.3 is 5.97 Å². The summed E-state index contributed by atoms with van der Waals surface area (Å²) >= 11 is 9.19. The van der Waals surface area contributed by atoms with Gasteiger partial charge in [0.1, 0.15) is 5.54 Å². The van der Waals surface area contributed by atoms with Gasteiger partial charge in [-0.25, -0.2) is 4.79 Å². The number of halogens is 2. The van der Waals surface area contributed by atoms with Gasteiger partial charge in [-0.3, -0.25) is 0 Å². The van der Waals surface area contributed by atoms with Gasteiger partial charge in [-0.2, -0.15) is 0 Å². The van der Waals surface area contributed by atoms with E-state index >= 15 is 0 Å². The monoisotopic (exact) mass is 319 g/mol. The second kappa shape index (κ2) is 5.27. The molecular weight excluding hydrogens is 305 g/mol. The zero-order valence-electron chi connectivity index (χ0n) is 9.92. The van der Waals surface area contributed by atoms with Crippen molar-refractivity contribution in [1.82, 2.24) is 0 Å². The number of rotatable bonds is 4. The van der Waals surface area contributed by atoms with Crippen LogP contribution in [0.3, 0.4) is 0 Å². The summed E-state index contributed by atoms with van der Waals surface area (Å²) in [5.41, 5.74) is -0.285. The first-order valence-corrected chi connectivity index (χ1v) is 6.41. The lowest BCUT2D eigenvalue weighted by atomic mass is 9.88. The first-order valence-electron chi connectivity index (χ1n) is 5.24. The van der Waals surface area contributed by atoms with Crippen LogP contribution in [0.25, 0.3) is 0 Å². The van der Waals surface area contributed by atoms with E-state index in [1.807, 2.05) is 13.8 Å². The molecule has 0 bridgehead atoms. The Labute approximate surface area is 114 Å². The summed E-state index contributed by atoms with van der Waals surface area (Å²) in [5, 5.41) is 12.9.